The Labute approximate surface area is 229 Å². The minimum Gasteiger partial charge on any atom is -0.497 e. The summed E-state index contributed by atoms with van der Waals surface area (Å²) in [6, 6.07) is 25.2. The standard InChI is InChI=1S/C34H26N4O2/c1-17-5-9-25-21(13-17)31-29(23-15-19(39-3)7-11-27(23)37-33(31)35-25)30-24-16-20(40-4)8-12-28(24)38-34-32(30)22-14-18(2)6-10-26(22)36-34/h5-16H,1-4H3,(H,35,37)(H,36,38). The quantitative estimate of drug-likeness (QED) is 0.244. The largest absolute Gasteiger partial charge is 0.497 e. The van der Waals surface area contributed by atoms with Crippen LogP contribution in [0.25, 0.3) is 76.8 Å². The Bertz CT molecular complexity index is 2160. The molecule has 0 saturated heterocycles. The van der Waals surface area contributed by atoms with E-state index in [9.17, 15) is 0 Å². The molecular formula is C34H26N4O2. The number of aromatic amines is 2. The normalized spacial score (nSPS) is 12.0. The summed E-state index contributed by atoms with van der Waals surface area (Å²) < 4.78 is 11.4. The highest BCUT2D eigenvalue weighted by Gasteiger charge is 2.23. The monoisotopic (exact) mass is 522 g/mol. The van der Waals surface area contributed by atoms with Gasteiger partial charge in [0.2, 0.25) is 0 Å². The Kier molecular flexibility index (Phi) is 4.68. The van der Waals surface area contributed by atoms with E-state index in [1.54, 1.807) is 14.2 Å². The molecule has 0 spiro atoms. The number of benzene rings is 4. The van der Waals surface area contributed by atoms with Gasteiger partial charge in [-0.2, -0.15) is 0 Å². The minimum atomic E-state index is 0.785. The first-order chi connectivity index (χ1) is 19.5. The molecule has 6 heteroatoms. The SMILES string of the molecule is COc1ccc2nc3[nH]c4ccc(C)cc4c3c(-c3c4cc(OC)ccc4nc4[nH]c5ccc(C)cc5c34)c2c1. The minimum absolute atomic E-state index is 0.785. The van der Waals surface area contributed by atoms with Crippen molar-refractivity contribution in [2.45, 2.75) is 13.8 Å². The number of hydrogen-bond donors (Lipinski definition) is 2. The molecule has 40 heavy (non-hydrogen) atoms. The van der Waals surface area contributed by atoms with Crippen molar-refractivity contribution in [3.05, 3.63) is 83.9 Å². The first-order valence-corrected chi connectivity index (χ1v) is 13.3. The van der Waals surface area contributed by atoms with Crippen LogP contribution in [0.4, 0.5) is 0 Å². The molecule has 6 nitrogen and oxygen atoms in total. The van der Waals surface area contributed by atoms with Gasteiger partial charge >= 0.3 is 0 Å². The van der Waals surface area contributed by atoms with E-state index in [0.717, 1.165) is 88.3 Å². The van der Waals surface area contributed by atoms with Gasteiger partial charge in [0.1, 0.15) is 22.8 Å². The van der Waals surface area contributed by atoms with Crippen molar-refractivity contribution >= 4 is 65.7 Å². The molecule has 0 atom stereocenters. The zero-order valence-corrected chi connectivity index (χ0v) is 22.6. The third-order valence-corrected chi connectivity index (χ3v) is 8.03. The van der Waals surface area contributed by atoms with Crippen LogP contribution in [0.15, 0.2) is 72.8 Å². The van der Waals surface area contributed by atoms with E-state index in [4.69, 9.17) is 19.4 Å². The van der Waals surface area contributed by atoms with Crippen LogP contribution in [-0.2, 0) is 0 Å². The van der Waals surface area contributed by atoms with Gasteiger partial charge in [-0.25, -0.2) is 9.97 Å². The van der Waals surface area contributed by atoms with Gasteiger partial charge in [0, 0.05) is 54.5 Å². The molecule has 0 radical (unpaired) electrons. The predicted octanol–water partition coefficient (Wildman–Crippen LogP) is 8.35. The van der Waals surface area contributed by atoms with Crippen LogP contribution in [-0.4, -0.2) is 34.2 Å². The van der Waals surface area contributed by atoms with E-state index < -0.39 is 0 Å². The molecule has 0 bridgehead atoms. The van der Waals surface area contributed by atoms with Crippen molar-refractivity contribution in [2.75, 3.05) is 14.2 Å². The van der Waals surface area contributed by atoms with Gasteiger partial charge in [-0.15, -0.1) is 0 Å². The number of nitrogens with one attached hydrogen (secondary N) is 2. The molecule has 2 N–H and O–H groups in total. The summed E-state index contributed by atoms with van der Waals surface area (Å²) in [6.45, 7) is 4.26. The number of pyridine rings is 2. The summed E-state index contributed by atoms with van der Waals surface area (Å²) in [7, 11) is 3.41. The van der Waals surface area contributed by atoms with E-state index >= 15 is 0 Å². The molecule has 0 amide bonds. The van der Waals surface area contributed by atoms with Crippen LogP contribution < -0.4 is 9.47 Å². The Balaban J connectivity index is 1.72. The number of fused-ring (bicyclic) bond motifs is 8. The number of hydrogen-bond acceptors (Lipinski definition) is 4. The first kappa shape index (κ1) is 22.8. The maximum atomic E-state index is 5.72. The van der Waals surface area contributed by atoms with Crippen LogP contribution >= 0.6 is 0 Å². The summed E-state index contributed by atoms with van der Waals surface area (Å²) in [4.78, 5) is 17.4. The fraction of sp³-hybridized carbons (Fsp3) is 0.118. The fourth-order valence-electron chi connectivity index (χ4n) is 6.17. The van der Waals surface area contributed by atoms with Crippen molar-refractivity contribution in [2.24, 2.45) is 0 Å². The molecule has 0 aliphatic heterocycles. The molecule has 0 aliphatic carbocycles. The highest BCUT2D eigenvalue weighted by molar-refractivity contribution is 6.29. The molecule has 4 heterocycles. The van der Waals surface area contributed by atoms with Crippen LogP contribution in [0.2, 0.25) is 0 Å². The van der Waals surface area contributed by atoms with Gasteiger partial charge in [-0.3, -0.25) is 0 Å². The van der Waals surface area contributed by atoms with Crippen molar-refractivity contribution < 1.29 is 9.47 Å². The van der Waals surface area contributed by atoms with Gasteiger partial charge in [0.15, 0.2) is 0 Å². The number of aromatic nitrogens is 4. The van der Waals surface area contributed by atoms with E-state index in [1.807, 2.05) is 24.3 Å². The van der Waals surface area contributed by atoms with Crippen LogP contribution in [0, 0.1) is 13.8 Å². The topological polar surface area (TPSA) is 75.8 Å². The number of methoxy groups -OCH3 is 2. The number of rotatable bonds is 3. The second kappa shape index (κ2) is 8.20. The van der Waals surface area contributed by atoms with Gasteiger partial charge in [-0.1, -0.05) is 23.3 Å². The van der Waals surface area contributed by atoms with E-state index in [-0.39, 0.29) is 0 Å². The molecule has 194 valence electrons. The summed E-state index contributed by atoms with van der Waals surface area (Å²) in [5.41, 5.74) is 10.2. The summed E-state index contributed by atoms with van der Waals surface area (Å²) in [5, 5.41) is 6.48. The molecule has 0 unspecified atom stereocenters. The Morgan fingerprint density at radius 3 is 1.40 bits per heavy atom. The van der Waals surface area contributed by atoms with Crippen LogP contribution in [0.5, 0.6) is 11.5 Å². The summed E-state index contributed by atoms with van der Waals surface area (Å²) in [5.74, 6) is 1.57. The molecule has 8 rings (SSSR count). The van der Waals surface area contributed by atoms with Gasteiger partial charge in [0.05, 0.1) is 25.3 Å². The molecular weight excluding hydrogens is 496 g/mol. The Hall–Kier alpha value is -5.10. The van der Waals surface area contributed by atoms with Crippen molar-refractivity contribution in [3.8, 4) is 22.6 Å². The highest BCUT2D eigenvalue weighted by Crippen LogP contribution is 2.47. The molecule has 0 saturated carbocycles. The number of H-pyrrole nitrogens is 2. The van der Waals surface area contributed by atoms with E-state index in [0.29, 0.717) is 0 Å². The molecule has 4 aromatic heterocycles. The number of aryl methyl sites for hydroxylation is 2. The van der Waals surface area contributed by atoms with E-state index in [1.165, 1.54) is 11.1 Å². The lowest BCUT2D eigenvalue weighted by Crippen LogP contribution is -1.94. The van der Waals surface area contributed by atoms with Gasteiger partial charge in [-0.05, 0) is 74.5 Å². The smallest absolute Gasteiger partial charge is 0.139 e. The third-order valence-electron chi connectivity index (χ3n) is 8.03. The lowest BCUT2D eigenvalue weighted by Gasteiger charge is -2.15. The fourth-order valence-corrected chi connectivity index (χ4v) is 6.17. The third kappa shape index (κ3) is 3.16. The maximum Gasteiger partial charge on any atom is 0.139 e. The van der Waals surface area contributed by atoms with Gasteiger partial charge < -0.3 is 19.4 Å². The molecule has 8 aromatic rings. The zero-order valence-electron chi connectivity index (χ0n) is 22.6. The van der Waals surface area contributed by atoms with Crippen molar-refractivity contribution in [1.29, 1.82) is 0 Å². The summed E-state index contributed by atoms with van der Waals surface area (Å²) >= 11 is 0. The highest BCUT2D eigenvalue weighted by atomic mass is 16.5. The van der Waals surface area contributed by atoms with Crippen molar-refractivity contribution in [1.82, 2.24) is 19.9 Å². The zero-order chi connectivity index (χ0) is 27.1. The average molecular weight is 523 g/mol. The maximum absolute atomic E-state index is 5.72. The second-order valence-electron chi connectivity index (χ2n) is 10.5. The van der Waals surface area contributed by atoms with Crippen molar-refractivity contribution in [3.63, 3.8) is 0 Å². The lowest BCUT2D eigenvalue weighted by atomic mass is 9.90. The Morgan fingerprint density at radius 2 is 0.975 bits per heavy atom. The molecule has 0 aliphatic rings. The number of nitrogens with zero attached hydrogens (tertiary/aromatic N) is 2. The van der Waals surface area contributed by atoms with E-state index in [2.05, 4.69) is 72.3 Å². The average Bonchev–Trinajstić information content (AvgIpc) is 3.51. The lowest BCUT2D eigenvalue weighted by molar-refractivity contribution is 0.415. The predicted molar refractivity (Wildman–Crippen MR) is 164 cm³/mol. The Morgan fingerprint density at radius 1 is 0.525 bits per heavy atom. The molecule has 0 fully saturated rings. The number of ether oxygens (including phenoxy) is 2. The second-order valence-corrected chi connectivity index (χ2v) is 10.5. The summed E-state index contributed by atoms with van der Waals surface area (Å²) in [6.07, 6.45) is 0. The molecule has 4 aromatic carbocycles. The van der Waals surface area contributed by atoms with Gasteiger partial charge in [0.25, 0.3) is 0 Å². The van der Waals surface area contributed by atoms with Crippen LogP contribution in [0.3, 0.4) is 0 Å². The van der Waals surface area contributed by atoms with Crippen LogP contribution in [0.1, 0.15) is 11.1 Å². The first-order valence-electron chi connectivity index (χ1n) is 13.3.